The molecule has 0 amide bonds. The van der Waals surface area contributed by atoms with Crippen LogP contribution in [0.2, 0.25) is 0 Å². The Morgan fingerprint density at radius 1 is 0.833 bits per heavy atom. The second kappa shape index (κ2) is 8.98. The fourth-order valence-electron chi connectivity index (χ4n) is 2.25. The standard InChI is InChI=1S/C18H22N2O3S/c1-21-15-10-17(23-3)16(22-2)9-14(15)12-20-18(24)19-11-13-7-5-4-6-8-13/h4-10H,11-12H2,1-3H3,(H2,19,20,24). The van der Waals surface area contributed by atoms with E-state index in [1.807, 2.05) is 36.4 Å². The van der Waals surface area contributed by atoms with Crippen molar-refractivity contribution >= 4 is 17.3 Å². The van der Waals surface area contributed by atoms with Gasteiger partial charge in [0.1, 0.15) is 5.75 Å². The van der Waals surface area contributed by atoms with Gasteiger partial charge in [-0.15, -0.1) is 0 Å². The molecule has 0 saturated carbocycles. The lowest BCUT2D eigenvalue weighted by Gasteiger charge is -2.16. The minimum absolute atomic E-state index is 0.518. The van der Waals surface area contributed by atoms with Crippen LogP contribution in [0, 0.1) is 0 Å². The molecule has 2 N–H and O–H groups in total. The lowest BCUT2D eigenvalue weighted by Crippen LogP contribution is -2.34. The van der Waals surface area contributed by atoms with Crippen molar-refractivity contribution in [3.05, 3.63) is 53.6 Å². The number of methoxy groups -OCH3 is 3. The first-order valence-corrected chi connectivity index (χ1v) is 7.93. The van der Waals surface area contributed by atoms with Crippen LogP contribution in [0.4, 0.5) is 0 Å². The average molecular weight is 346 g/mol. The van der Waals surface area contributed by atoms with E-state index in [2.05, 4.69) is 10.6 Å². The van der Waals surface area contributed by atoms with Gasteiger partial charge in [0.15, 0.2) is 16.6 Å². The number of thiocarbonyl (C=S) groups is 1. The summed E-state index contributed by atoms with van der Waals surface area (Å²) < 4.78 is 16.0. The topological polar surface area (TPSA) is 51.8 Å². The van der Waals surface area contributed by atoms with Gasteiger partial charge in [0.05, 0.1) is 21.3 Å². The third kappa shape index (κ3) is 4.76. The lowest BCUT2D eigenvalue weighted by atomic mass is 10.1. The third-order valence-corrected chi connectivity index (χ3v) is 3.81. The van der Waals surface area contributed by atoms with Gasteiger partial charge < -0.3 is 24.8 Å². The molecule has 0 aliphatic carbocycles. The van der Waals surface area contributed by atoms with Gasteiger partial charge in [-0.25, -0.2) is 0 Å². The fourth-order valence-corrected chi connectivity index (χ4v) is 2.39. The summed E-state index contributed by atoms with van der Waals surface area (Å²) in [7, 11) is 4.82. The van der Waals surface area contributed by atoms with E-state index in [9.17, 15) is 0 Å². The molecule has 0 heterocycles. The summed E-state index contributed by atoms with van der Waals surface area (Å²) in [6, 6.07) is 13.8. The molecule has 2 aromatic carbocycles. The van der Waals surface area contributed by atoms with Crippen LogP contribution < -0.4 is 24.8 Å². The van der Waals surface area contributed by atoms with Crippen LogP contribution >= 0.6 is 12.2 Å². The maximum Gasteiger partial charge on any atom is 0.166 e. The Morgan fingerprint density at radius 3 is 2.04 bits per heavy atom. The molecule has 0 fully saturated rings. The van der Waals surface area contributed by atoms with Crippen molar-refractivity contribution in [2.75, 3.05) is 21.3 Å². The lowest BCUT2D eigenvalue weighted by molar-refractivity contribution is 0.347. The molecule has 2 rings (SSSR count). The summed E-state index contributed by atoms with van der Waals surface area (Å²) in [4.78, 5) is 0. The Kier molecular flexibility index (Phi) is 6.69. The predicted molar refractivity (Wildman–Crippen MR) is 98.8 cm³/mol. The van der Waals surface area contributed by atoms with Crippen molar-refractivity contribution in [2.24, 2.45) is 0 Å². The highest BCUT2D eigenvalue weighted by molar-refractivity contribution is 7.80. The molecular weight excluding hydrogens is 324 g/mol. The van der Waals surface area contributed by atoms with Gasteiger partial charge in [-0.1, -0.05) is 30.3 Å². The Labute approximate surface area is 147 Å². The summed E-state index contributed by atoms with van der Waals surface area (Å²) in [5.41, 5.74) is 2.10. The molecule has 0 unspecified atom stereocenters. The minimum Gasteiger partial charge on any atom is -0.496 e. The molecule has 6 heteroatoms. The molecule has 0 atom stereocenters. The van der Waals surface area contributed by atoms with Crippen molar-refractivity contribution in [3.63, 3.8) is 0 Å². The van der Waals surface area contributed by atoms with Crippen molar-refractivity contribution in [1.82, 2.24) is 10.6 Å². The SMILES string of the molecule is COc1cc(OC)c(OC)cc1CNC(=S)NCc1ccccc1. The van der Waals surface area contributed by atoms with Gasteiger partial charge in [0.25, 0.3) is 0 Å². The van der Waals surface area contributed by atoms with E-state index in [1.54, 1.807) is 27.4 Å². The first kappa shape index (κ1) is 17.9. The van der Waals surface area contributed by atoms with Crippen LogP contribution in [0.1, 0.15) is 11.1 Å². The molecule has 0 bridgehead atoms. The second-order valence-electron chi connectivity index (χ2n) is 5.04. The van der Waals surface area contributed by atoms with Crippen LogP contribution in [-0.2, 0) is 13.1 Å². The van der Waals surface area contributed by atoms with Crippen LogP contribution in [0.15, 0.2) is 42.5 Å². The normalized spacial score (nSPS) is 9.96. The van der Waals surface area contributed by atoms with Gasteiger partial charge in [0.2, 0.25) is 0 Å². The second-order valence-corrected chi connectivity index (χ2v) is 5.45. The molecule has 0 aliphatic heterocycles. The summed E-state index contributed by atoms with van der Waals surface area (Å²) in [5, 5.41) is 6.94. The molecule has 0 radical (unpaired) electrons. The molecule has 0 spiro atoms. The van der Waals surface area contributed by atoms with E-state index in [1.165, 1.54) is 5.56 Å². The smallest absolute Gasteiger partial charge is 0.166 e. The number of benzene rings is 2. The van der Waals surface area contributed by atoms with E-state index >= 15 is 0 Å². The van der Waals surface area contributed by atoms with E-state index < -0.39 is 0 Å². The molecule has 2 aromatic rings. The van der Waals surface area contributed by atoms with Gasteiger partial charge in [0, 0.05) is 24.7 Å². The van der Waals surface area contributed by atoms with E-state index in [0.29, 0.717) is 35.5 Å². The highest BCUT2D eigenvalue weighted by atomic mass is 32.1. The zero-order valence-corrected chi connectivity index (χ0v) is 14.9. The highest BCUT2D eigenvalue weighted by Gasteiger charge is 2.12. The highest BCUT2D eigenvalue weighted by Crippen LogP contribution is 2.34. The number of hydrogen-bond acceptors (Lipinski definition) is 4. The Morgan fingerprint density at radius 2 is 1.42 bits per heavy atom. The number of rotatable bonds is 7. The zero-order chi connectivity index (χ0) is 17.4. The van der Waals surface area contributed by atoms with Crippen molar-refractivity contribution < 1.29 is 14.2 Å². The van der Waals surface area contributed by atoms with Gasteiger partial charge in [-0.05, 0) is 23.8 Å². The van der Waals surface area contributed by atoms with Gasteiger partial charge in [-0.3, -0.25) is 0 Å². The Bertz CT molecular complexity index is 677. The predicted octanol–water partition coefficient (Wildman–Crippen LogP) is 2.88. The van der Waals surface area contributed by atoms with Crippen molar-refractivity contribution in [1.29, 1.82) is 0 Å². The van der Waals surface area contributed by atoms with Crippen LogP contribution in [0.25, 0.3) is 0 Å². The maximum absolute atomic E-state index is 5.41. The summed E-state index contributed by atoms with van der Waals surface area (Å²) in [6.07, 6.45) is 0. The summed E-state index contributed by atoms with van der Waals surface area (Å²) >= 11 is 5.32. The maximum atomic E-state index is 5.41. The number of hydrogen-bond donors (Lipinski definition) is 2. The zero-order valence-electron chi connectivity index (χ0n) is 14.1. The number of ether oxygens (including phenoxy) is 3. The fraction of sp³-hybridized carbons (Fsp3) is 0.278. The van der Waals surface area contributed by atoms with E-state index in [0.717, 1.165) is 5.56 Å². The van der Waals surface area contributed by atoms with Crippen molar-refractivity contribution in [2.45, 2.75) is 13.1 Å². The van der Waals surface area contributed by atoms with E-state index in [-0.39, 0.29) is 0 Å². The summed E-state index contributed by atoms with van der Waals surface area (Å²) in [5.74, 6) is 1.99. The Balaban J connectivity index is 1.96. The van der Waals surface area contributed by atoms with E-state index in [4.69, 9.17) is 26.4 Å². The molecule has 128 valence electrons. The third-order valence-electron chi connectivity index (χ3n) is 3.52. The molecule has 0 aliphatic rings. The first-order chi connectivity index (χ1) is 11.7. The molecule has 5 nitrogen and oxygen atoms in total. The Hall–Kier alpha value is -2.47. The molecule has 24 heavy (non-hydrogen) atoms. The van der Waals surface area contributed by atoms with Crippen LogP contribution in [0.5, 0.6) is 17.2 Å². The monoisotopic (exact) mass is 346 g/mol. The molecule has 0 saturated heterocycles. The summed E-state index contributed by atoms with van der Waals surface area (Å²) in [6.45, 7) is 1.19. The largest absolute Gasteiger partial charge is 0.496 e. The number of nitrogens with one attached hydrogen (secondary N) is 2. The quantitative estimate of drug-likeness (QED) is 0.752. The molecule has 0 aromatic heterocycles. The molecular formula is C18H22N2O3S. The van der Waals surface area contributed by atoms with Crippen molar-refractivity contribution in [3.8, 4) is 17.2 Å². The first-order valence-electron chi connectivity index (χ1n) is 7.52. The average Bonchev–Trinajstić information content (AvgIpc) is 2.64. The van der Waals surface area contributed by atoms with Gasteiger partial charge >= 0.3 is 0 Å². The minimum atomic E-state index is 0.518. The van der Waals surface area contributed by atoms with Crippen LogP contribution in [0.3, 0.4) is 0 Å². The van der Waals surface area contributed by atoms with Crippen LogP contribution in [-0.4, -0.2) is 26.4 Å². The van der Waals surface area contributed by atoms with Gasteiger partial charge in [-0.2, -0.15) is 0 Å².